The predicted molar refractivity (Wildman–Crippen MR) is 165 cm³/mol. The predicted octanol–water partition coefficient (Wildman–Crippen LogP) is 9.25. The molecule has 0 amide bonds. The minimum atomic E-state index is -0.242. The van der Waals surface area contributed by atoms with Gasteiger partial charge in [-0.2, -0.15) is 0 Å². The minimum absolute atomic E-state index is 0.107. The molecule has 1 fully saturated rings. The molecule has 1 unspecified atom stereocenters. The van der Waals surface area contributed by atoms with Crippen molar-refractivity contribution in [1.82, 2.24) is 9.80 Å². The van der Waals surface area contributed by atoms with Gasteiger partial charge in [-0.15, -0.1) is 0 Å². The molecule has 2 heterocycles. The van der Waals surface area contributed by atoms with E-state index in [2.05, 4.69) is 34.1 Å². The zero-order chi connectivity index (χ0) is 28.3. The summed E-state index contributed by atoms with van der Waals surface area (Å²) >= 11 is 14.6. The van der Waals surface area contributed by atoms with Crippen LogP contribution in [0, 0.1) is 11.6 Å². The Kier molecular flexibility index (Phi) is 8.99. The van der Waals surface area contributed by atoms with Gasteiger partial charge in [0.2, 0.25) is 0 Å². The highest BCUT2D eigenvalue weighted by molar-refractivity contribution is 7.99. The minimum Gasteiger partial charge on any atom is -0.301 e. The van der Waals surface area contributed by atoms with Crippen molar-refractivity contribution >= 4 is 35.0 Å². The van der Waals surface area contributed by atoms with Crippen molar-refractivity contribution in [1.29, 1.82) is 0 Å². The molecule has 0 saturated carbocycles. The Morgan fingerprint density at radius 2 is 1.34 bits per heavy atom. The fraction of sp³-hybridized carbons (Fsp3) is 0.294. The zero-order valence-corrected chi connectivity index (χ0v) is 25.0. The molecule has 7 heteroatoms. The molecule has 0 radical (unpaired) electrons. The molecule has 6 rings (SSSR count). The Labute approximate surface area is 255 Å². The molecule has 0 spiro atoms. The molecule has 2 nitrogen and oxygen atoms in total. The molecule has 0 N–H and O–H groups in total. The summed E-state index contributed by atoms with van der Waals surface area (Å²) in [7, 11) is 0. The first kappa shape index (κ1) is 28.7. The molecule has 212 valence electrons. The number of nitrogens with zero attached hydrogens (tertiary/aromatic N) is 2. The van der Waals surface area contributed by atoms with Crippen molar-refractivity contribution in [2.75, 3.05) is 32.7 Å². The smallest absolute Gasteiger partial charge is 0.123 e. The number of hydrogen-bond donors (Lipinski definition) is 0. The van der Waals surface area contributed by atoms with Gasteiger partial charge in [0.05, 0.1) is 0 Å². The van der Waals surface area contributed by atoms with Gasteiger partial charge < -0.3 is 4.90 Å². The second-order valence-corrected chi connectivity index (χ2v) is 12.9. The SMILES string of the molecule is Fc1ccc(C(CCCN2CCN(C3Cc4ccc(Cl)cc4Sc4ccc(Cl)cc43)CC2)c2ccc(F)cc2)cc1. The third-order valence-electron chi connectivity index (χ3n) is 8.35. The average molecular weight is 610 g/mol. The molecule has 0 aliphatic carbocycles. The lowest BCUT2D eigenvalue weighted by atomic mass is 9.87. The first-order valence-electron chi connectivity index (χ1n) is 14.2. The van der Waals surface area contributed by atoms with Crippen LogP contribution in [0.15, 0.2) is 94.7 Å². The second-order valence-electron chi connectivity index (χ2n) is 10.9. The van der Waals surface area contributed by atoms with Gasteiger partial charge in [0.15, 0.2) is 0 Å². The van der Waals surface area contributed by atoms with Crippen molar-refractivity contribution in [2.45, 2.75) is 41.0 Å². The summed E-state index contributed by atoms with van der Waals surface area (Å²) in [5, 5.41) is 1.54. The Morgan fingerprint density at radius 1 is 0.732 bits per heavy atom. The lowest BCUT2D eigenvalue weighted by Crippen LogP contribution is -2.48. The summed E-state index contributed by atoms with van der Waals surface area (Å²) in [6.45, 7) is 4.99. The van der Waals surface area contributed by atoms with E-state index in [-0.39, 0.29) is 23.6 Å². The largest absolute Gasteiger partial charge is 0.301 e. The van der Waals surface area contributed by atoms with E-state index in [9.17, 15) is 8.78 Å². The normalized spacial score (nSPS) is 17.7. The molecule has 0 aromatic heterocycles. The molecule has 1 saturated heterocycles. The topological polar surface area (TPSA) is 6.48 Å². The Morgan fingerprint density at radius 3 is 2.00 bits per heavy atom. The van der Waals surface area contributed by atoms with Crippen LogP contribution < -0.4 is 0 Å². The highest BCUT2D eigenvalue weighted by Crippen LogP contribution is 2.44. The van der Waals surface area contributed by atoms with Crippen LogP contribution in [0.2, 0.25) is 10.0 Å². The van der Waals surface area contributed by atoms with Crippen molar-refractivity contribution in [3.8, 4) is 0 Å². The maximum absolute atomic E-state index is 13.6. The lowest BCUT2D eigenvalue weighted by Gasteiger charge is -2.40. The first-order chi connectivity index (χ1) is 19.9. The summed E-state index contributed by atoms with van der Waals surface area (Å²) in [6.07, 6.45) is 2.86. The van der Waals surface area contributed by atoms with Gasteiger partial charge in [-0.3, -0.25) is 4.90 Å². The molecule has 2 aliphatic rings. The highest BCUT2D eigenvalue weighted by Gasteiger charge is 2.30. The van der Waals surface area contributed by atoms with E-state index in [1.807, 2.05) is 36.4 Å². The third kappa shape index (κ3) is 6.81. The van der Waals surface area contributed by atoms with Gasteiger partial charge in [0, 0.05) is 58.0 Å². The standard InChI is InChI=1S/C34H32Cl2F2N2S/c35-26-9-14-33-31(21-26)32(20-25-3-8-27(36)22-34(25)41-33)40-18-16-39(17-19-40)15-1-2-30(23-4-10-28(37)11-5-23)24-6-12-29(38)13-7-24/h3-14,21-22,30,32H,1-2,15-20H2. The second kappa shape index (κ2) is 12.8. The first-order valence-corrected chi connectivity index (χ1v) is 15.7. The molecular weight excluding hydrogens is 577 g/mol. The number of halogens is 4. The summed E-state index contributed by atoms with van der Waals surface area (Å²) < 4.78 is 27.2. The van der Waals surface area contributed by atoms with E-state index in [1.165, 1.54) is 45.2 Å². The zero-order valence-electron chi connectivity index (χ0n) is 22.7. The summed E-state index contributed by atoms with van der Waals surface area (Å²) in [6, 6.07) is 26.2. The van der Waals surface area contributed by atoms with Gasteiger partial charge >= 0.3 is 0 Å². The van der Waals surface area contributed by atoms with Gasteiger partial charge in [-0.1, -0.05) is 65.3 Å². The van der Waals surface area contributed by atoms with E-state index < -0.39 is 0 Å². The Bertz CT molecular complexity index is 1440. The van der Waals surface area contributed by atoms with Crippen LogP contribution in [0.25, 0.3) is 0 Å². The molecule has 1 atom stereocenters. The van der Waals surface area contributed by atoms with Crippen LogP contribution in [0.3, 0.4) is 0 Å². The Hall–Kier alpha value is -2.41. The van der Waals surface area contributed by atoms with E-state index >= 15 is 0 Å². The summed E-state index contributed by atoms with van der Waals surface area (Å²) in [4.78, 5) is 7.62. The van der Waals surface area contributed by atoms with Gasteiger partial charge in [0.1, 0.15) is 11.6 Å². The quantitative estimate of drug-likeness (QED) is 0.206. The van der Waals surface area contributed by atoms with Gasteiger partial charge in [-0.05, 0) is 103 Å². The number of benzene rings is 4. The molecule has 41 heavy (non-hydrogen) atoms. The van der Waals surface area contributed by atoms with Crippen LogP contribution in [0.4, 0.5) is 8.78 Å². The van der Waals surface area contributed by atoms with Crippen LogP contribution >= 0.6 is 35.0 Å². The van der Waals surface area contributed by atoms with E-state index in [0.29, 0.717) is 0 Å². The van der Waals surface area contributed by atoms with Gasteiger partial charge in [0.25, 0.3) is 0 Å². The monoisotopic (exact) mass is 608 g/mol. The maximum Gasteiger partial charge on any atom is 0.123 e. The Balaban J connectivity index is 1.11. The van der Waals surface area contributed by atoms with Crippen LogP contribution in [0.5, 0.6) is 0 Å². The molecular formula is C34H32Cl2F2N2S. The molecule has 0 bridgehead atoms. The maximum atomic E-state index is 13.6. The number of rotatable bonds is 7. The number of piperazine rings is 1. The fourth-order valence-corrected chi connectivity index (χ4v) is 7.73. The lowest BCUT2D eigenvalue weighted by molar-refractivity contribution is 0.0932. The average Bonchev–Trinajstić information content (AvgIpc) is 3.13. The molecule has 2 aliphatic heterocycles. The highest BCUT2D eigenvalue weighted by atomic mass is 35.5. The van der Waals surface area contributed by atoms with E-state index in [1.54, 1.807) is 11.8 Å². The van der Waals surface area contributed by atoms with Crippen molar-refractivity contribution in [2.24, 2.45) is 0 Å². The van der Waals surface area contributed by atoms with E-state index in [0.717, 1.165) is 73.2 Å². The summed E-state index contributed by atoms with van der Waals surface area (Å²) in [5.41, 5.74) is 4.75. The number of fused-ring (bicyclic) bond motifs is 2. The van der Waals surface area contributed by atoms with Crippen LogP contribution in [-0.4, -0.2) is 42.5 Å². The van der Waals surface area contributed by atoms with Crippen LogP contribution in [-0.2, 0) is 6.42 Å². The summed E-state index contributed by atoms with van der Waals surface area (Å²) in [5.74, 6) is -0.376. The van der Waals surface area contributed by atoms with Crippen LogP contribution in [0.1, 0.15) is 47.1 Å². The van der Waals surface area contributed by atoms with Crippen molar-refractivity contribution in [3.63, 3.8) is 0 Å². The molecule has 4 aromatic rings. The number of hydrogen-bond acceptors (Lipinski definition) is 3. The third-order valence-corrected chi connectivity index (χ3v) is 10.0. The fourth-order valence-electron chi connectivity index (χ4n) is 6.16. The van der Waals surface area contributed by atoms with Gasteiger partial charge in [-0.25, -0.2) is 8.78 Å². The van der Waals surface area contributed by atoms with Crippen molar-refractivity contribution < 1.29 is 8.78 Å². The van der Waals surface area contributed by atoms with E-state index in [4.69, 9.17) is 23.2 Å². The van der Waals surface area contributed by atoms with Crippen molar-refractivity contribution in [3.05, 3.63) is 129 Å². The molecule has 4 aromatic carbocycles.